The summed E-state index contributed by atoms with van der Waals surface area (Å²) in [7, 11) is 1.56. The van der Waals surface area contributed by atoms with E-state index >= 15 is 0 Å². The number of thiophene rings is 1. The van der Waals surface area contributed by atoms with Gasteiger partial charge in [-0.1, -0.05) is 12.1 Å². The van der Waals surface area contributed by atoms with Gasteiger partial charge in [0.2, 0.25) is 23.6 Å². The average Bonchev–Trinajstić information content (AvgIpc) is 3.24. The number of methoxy groups -OCH3 is 1. The fraction of sp³-hybridized carbons (Fsp3) is 0.0909. The first-order valence-electron chi connectivity index (χ1n) is 9.38. The highest BCUT2D eigenvalue weighted by molar-refractivity contribution is 7.17. The van der Waals surface area contributed by atoms with Crippen molar-refractivity contribution in [1.29, 1.82) is 0 Å². The Bertz CT molecular complexity index is 1240. The van der Waals surface area contributed by atoms with E-state index in [1.165, 1.54) is 17.4 Å². The van der Waals surface area contributed by atoms with Gasteiger partial charge in [-0.2, -0.15) is 4.98 Å². The maximum absolute atomic E-state index is 11.8. The number of ether oxygens (including phenoxy) is 2. The van der Waals surface area contributed by atoms with Gasteiger partial charge in [0, 0.05) is 17.8 Å². The highest BCUT2D eigenvalue weighted by Crippen LogP contribution is 2.33. The van der Waals surface area contributed by atoms with Gasteiger partial charge in [0.1, 0.15) is 10.4 Å². The number of rotatable bonds is 7. The molecule has 0 unspecified atom stereocenters. The van der Waals surface area contributed by atoms with E-state index in [0.29, 0.717) is 29.1 Å². The van der Waals surface area contributed by atoms with Crippen LogP contribution in [-0.2, 0) is 4.79 Å². The van der Waals surface area contributed by atoms with Gasteiger partial charge in [-0.15, -0.1) is 11.3 Å². The van der Waals surface area contributed by atoms with E-state index in [0.717, 1.165) is 15.9 Å². The van der Waals surface area contributed by atoms with Crippen LogP contribution >= 0.6 is 11.3 Å². The van der Waals surface area contributed by atoms with Gasteiger partial charge in [0.05, 0.1) is 24.5 Å². The molecule has 0 aliphatic carbocycles. The van der Waals surface area contributed by atoms with Gasteiger partial charge < -0.3 is 20.1 Å². The van der Waals surface area contributed by atoms with Crippen LogP contribution in [0.4, 0.5) is 17.3 Å². The summed E-state index contributed by atoms with van der Waals surface area (Å²) in [6.07, 6.45) is 4.77. The molecule has 3 heterocycles. The van der Waals surface area contributed by atoms with Crippen LogP contribution in [0.3, 0.4) is 0 Å². The van der Waals surface area contributed by atoms with Crippen LogP contribution in [0.15, 0.2) is 66.2 Å². The molecule has 0 bridgehead atoms. The Balaban J connectivity index is 1.60. The van der Waals surface area contributed by atoms with E-state index in [2.05, 4.69) is 25.6 Å². The van der Waals surface area contributed by atoms with E-state index in [4.69, 9.17) is 9.47 Å². The fourth-order valence-electron chi connectivity index (χ4n) is 2.75. The van der Waals surface area contributed by atoms with Crippen molar-refractivity contribution in [3.8, 4) is 17.5 Å². The Kier molecular flexibility index (Phi) is 6.04. The molecule has 4 aromatic rings. The molecule has 1 aromatic carbocycles. The van der Waals surface area contributed by atoms with E-state index in [9.17, 15) is 4.79 Å². The number of benzene rings is 1. The predicted molar refractivity (Wildman–Crippen MR) is 121 cm³/mol. The highest BCUT2D eigenvalue weighted by atomic mass is 32.1. The first-order valence-corrected chi connectivity index (χ1v) is 10.3. The number of aromatic nitrogens is 3. The molecule has 0 fully saturated rings. The van der Waals surface area contributed by atoms with Gasteiger partial charge >= 0.3 is 0 Å². The summed E-state index contributed by atoms with van der Waals surface area (Å²) in [5, 5.41) is 7.85. The van der Waals surface area contributed by atoms with Gasteiger partial charge in [0.25, 0.3) is 0 Å². The summed E-state index contributed by atoms with van der Waals surface area (Å²) in [6, 6.07) is 12.6. The third-order valence-corrected chi connectivity index (χ3v) is 5.00. The number of carbonyl (C=O) groups excluding carboxylic acids is 1. The predicted octanol–water partition coefficient (Wildman–Crippen LogP) is 5.15. The molecule has 0 spiro atoms. The number of hydrogen-bond donors (Lipinski definition) is 2. The largest absolute Gasteiger partial charge is 0.481 e. The molecule has 9 heteroatoms. The van der Waals surface area contributed by atoms with Crippen molar-refractivity contribution < 1.29 is 14.3 Å². The number of fused-ring (bicyclic) bond motifs is 1. The van der Waals surface area contributed by atoms with Gasteiger partial charge in [-0.25, -0.2) is 9.97 Å². The zero-order valence-corrected chi connectivity index (χ0v) is 17.6. The zero-order valence-electron chi connectivity index (χ0n) is 16.8. The number of anilines is 3. The van der Waals surface area contributed by atoms with Gasteiger partial charge in [-0.3, -0.25) is 4.79 Å². The van der Waals surface area contributed by atoms with E-state index < -0.39 is 0 Å². The number of amides is 1. The molecule has 8 nitrogen and oxygen atoms in total. The van der Waals surface area contributed by atoms with Crippen LogP contribution < -0.4 is 20.1 Å². The molecule has 4 rings (SSSR count). The van der Waals surface area contributed by atoms with Gasteiger partial charge in [0.15, 0.2) is 0 Å². The molecule has 0 aliphatic rings. The zero-order chi connectivity index (χ0) is 21.6. The lowest BCUT2D eigenvalue weighted by atomic mass is 10.3. The summed E-state index contributed by atoms with van der Waals surface area (Å²) < 4.78 is 12.0. The van der Waals surface area contributed by atoms with Crippen LogP contribution in [0.25, 0.3) is 10.2 Å². The van der Waals surface area contributed by atoms with E-state index in [-0.39, 0.29) is 5.91 Å². The van der Waals surface area contributed by atoms with Crippen LogP contribution in [0.2, 0.25) is 0 Å². The minimum atomic E-state index is -0.207. The second-order valence-corrected chi connectivity index (χ2v) is 7.24. The molecule has 3 aromatic heterocycles. The molecular weight excluding hydrogens is 414 g/mol. The van der Waals surface area contributed by atoms with Crippen molar-refractivity contribution in [3.05, 3.63) is 66.2 Å². The SMILES string of the molecule is C/C=C/C(=O)Nc1cccc(Oc2nc(Nc3ccc(OC)nc3)nc3ccsc23)c1. The molecule has 156 valence electrons. The summed E-state index contributed by atoms with van der Waals surface area (Å²) in [5.41, 5.74) is 2.10. The molecular formula is C22H19N5O3S. The van der Waals surface area contributed by atoms with E-state index in [1.807, 2.05) is 17.5 Å². The second kappa shape index (κ2) is 9.23. The van der Waals surface area contributed by atoms with Crippen molar-refractivity contribution in [3.63, 3.8) is 0 Å². The van der Waals surface area contributed by atoms with Crippen LogP contribution in [0.1, 0.15) is 6.92 Å². The maximum Gasteiger partial charge on any atom is 0.248 e. The summed E-state index contributed by atoms with van der Waals surface area (Å²) >= 11 is 1.49. The van der Waals surface area contributed by atoms with Gasteiger partial charge in [-0.05, 0) is 42.6 Å². The van der Waals surface area contributed by atoms with Crippen LogP contribution in [0.5, 0.6) is 17.5 Å². The number of carbonyl (C=O) groups is 1. The third kappa shape index (κ3) is 4.96. The monoisotopic (exact) mass is 433 g/mol. The van der Waals surface area contributed by atoms with E-state index in [1.54, 1.807) is 56.6 Å². The average molecular weight is 433 g/mol. The maximum atomic E-state index is 11.8. The first-order chi connectivity index (χ1) is 15.1. The Morgan fingerprint density at radius 1 is 1.13 bits per heavy atom. The molecule has 0 saturated heterocycles. The lowest BCUT2D eigenvalue weighted by Gasteiger charge is -2.10. The summed E-state index contributed by atoms with van der Waals surface area (Å²) in [4.78, 5) is 25.0. The molecule has 0 aliphatic heterocycles. The minimum Gasteiger partial charge on any atom is -0.481 e. The normalized spacial score (nSPS) is 10.9. The smallest absolute Gasteiger partial charge is 0.248 e. The Hall–Kier alpha value is -3.98. The first kappa shape index (κ1) is 20.3. The van der Waals surface area contributed by atoms with Crippen molar-refractivity contribution in [2.75, 3.05) is 17.7 Å². The molecule has 0 saturated carbocycles. The molecule has 1 amide bonds. The lowest BCUT2D eigenvalue weighted by molar-refractivity contribution is -0.111. The Morgan fingerprint density at radius 3 is 2.81 bits per heavy atom. The summed E-state index contributed by atoms with van der Waals surface area (Å²) in [5.74, 6) is 1.65. The molecule has 0 atom stereocenters. The van der Waals surface area contributed by atoms with Crippen molar-refractivity contribution in [2.45, 2.75) is 6.92 Å². The van der Waals surface area contributed by atoms with Crippen molar-refractivity contribution in [1.82, 2.24) is 15.0 Å². The van der Waals surface area contributed by atoms with Crippen molar-refractivity contribution in [2.24, 2.45) is 0 Å². The fourth-order valence-corrected chi connectivity index (χ4v) is 3.51. The minimum absolute atomic E-state index is 0.207. The number of nitrogens with zero attached hydrogens (tertiary/aromatic N) is 3. The standard InChI is InChI=1S/C22H19N5O3S/c1-3-5-18(28)24-14-6-4-7-16(12-14)30-21-20-17(10-11-31-20)26-22(27-21)25-15-8-9-19(29-2)23-13-15/h3-13H,1-2H3,(H,24,28)(H,25,26,27)/b5-3+. The molecule has 31 heavy (non-hydrogen) atoms. The quantitative estimate of drug-likeness (QED) is 0.389. The van der Waals surface area contributed by atoms with Crippen LogP contribution in [-0.4, -0.2) is 28.0 Å². The molecule has 2 N–H and O–H groups in total. The third-order valence-electron chi connectivity index (χ3n) is 4.11. The highest BCUT2D eigenvalue weighted by Gasteiger charge is 2.12. The Labute approximate surface area is 182 Å². The second-order valence-electron chi connectivity index (χ2n) is 6.32. The number of hydrogen-bond acceptors (Lipinski definition) is 8. The molecule has 0 radical (unpaired) electrons. The Morgan fingerprint density at radius 2 is 2.03 bits per heavy atom. The number of allylic oxidation sites excluding steroid dienone is 1. The topological polar surface area (TPSA) is 98.3 Å². The van der Waals surface area contributed by atoms with Crippen molar-refractivity contribution >= 4 is 44.8 Å². The van der Waals surface area contributed by atoms with Crippen LogP contribution in [0, 0.1) is 0 Å². The number of pyridine rings is 1. The summed E-state index contributed by atoms with van der Waals surface area (Å²) in [6.45, 7) is 1.79. The lowest BCUT2D eigenvalue weighted by Crippen LogP contribution is -2.07. The number of nitrogens with one attached hydrogen (secondary N) is 2.